The van der Waals surface area contributed by atoms with Crippen LogP contribution in [0.2, 0.25) is 0 Å². The maximum absolute atomic E-state index is 13.1. The summed E-state index contributed by atoms with van der Waals surface area (Å²) in [5.41, 5.74) is 6.68. The van der Waals surface area contributed by atoms with Gasteiger partial charge in [-0.05, 0) is 24.5 Å². The predicted molar refractivity (Wildman–Crippen MR) is 70.6 cm³/mol. The van der Waals surface area contributed by atoms with E-state index >= 15 is 0 Å². The van der Waals surface area contributed by atoms with E-state index in [0.717, 1.165) is 18.0 Å². The van der Waals surface area contributed by atoms with Crippen LogP contribution >= 0.6 is 11.8 Å². The van der Waals surface area contributed by atoms with Crippen molar-refractivity contribution in [1.29, 1.82) is 0 Å². The van der Waals surface area contributed by atoms with Crippen molar-refractivity contribution in [2.75, 3.05) is 30.5 Å². The standard InChI is InChI=1S/C11H16FN3OS/c1-15(5-6-17-2)10-4-3-8(12)7-9(10)11(13)14-16/h3-4,7,16H,5-6H2,1-2H3,(H2,13,14). The van der Waals surface area contributed by atoms with Gasteiger partial charge in [0.2, 0.25) is 0 Å². The van der Waals surface area contributed by atoms with Gasteiger partial charge in [-0.25, -0.2) is 4.39 Å². The smallest absolute Gasteiger partial charge is 0.172 e. The first kappa shape index (κ1) is 13.6. The third-order valence-corrected chi connectivity index (χ3v) is 2.98. The molecule has 0 aliphatic carbocycles. The highest BCUT2D eigenvalue weighted by molar-refractivity contribution is 7.98. The molecule has 0 saturated carbocycles. The summed E-state index contributed by atoms with van der Waals surface area (Å²) < 4.78 is 13.1. The van der Waals surface area contributed by atoms with Crippen LogP contribution < -0.4 is 10.6 Å². The van der Waals surface area contributed by atoms with Gasteiger partial charge in [-0.1, -0.05) is 5.16 Å². The molecule has 0 radical (unpaired) electrons. The molecule has 1 rings (SSSR count). The Bertz CT molecular complexity index is 412. The van der Waals surface area contributed by atoms with Crippen molar-refractivity contribution in [3.8, 4) is 0 Å². The second-order valence-corrected chi connectivity index (χ2v) is 4.55. The number of hydrogen-bond acceptors (Lipinski definition) is 4. The average molecular weight is 257 g/mol. The average Bonchev–Trinajstić information content (AvgIpc) is 2.34. The number of nitrogens with two attached hydrogens (primary N) is 1. The number of halogens is 1. The largest absolute Gasteiger partial charge is 0.409 e. The number of amidine groups is 1. The third kappa shape index (κ3) is 3.52. The molecule has 0 fully saturated rings. The summed E-state index contributed by atoms with van der Waals surface area (Å²) in [4.78, 5) is 1.95. The Balaban J connectivity index is 3.05. The SMILES string of the molecule is CSCCN(C)c1ccc(F)cc1/C(N)=N/O. The Labute approximate surface area is 104 Å². The molecule has 3 N–H and O–H groups in total. The Hall–Kier alpha value is -1.43. The minimum absolute atomic E-state index is 0.0875. The van der Waals surface area contributed by atoms with Gasteiger partial charge in [0.1, 0.15) is 5.82 Å². The van der Waals surface area contributed by atoms with Crippen LogP contribution in [0.5, 0.6) is 0 Å². The number of benzene rings is 1. The summed E-state index contributed by atoms with van der Waals surface area (Å²) in [6.07, 6.45) is 2.02. The molecule has 94 valence electrons. The Morgan fingerprint density at radius 1 is 1.59 bits per heavy atom. The fourth-order valence-corrected chi connectivity index (χ4v) is 1.91. The first-order valence-corrected chi connectivity index (χ1v) is 6.47. The van der Waals surface area contributed by atoms with Gasteiger partial charge in [0.25, 0.3) is 0 Å². The molecule has 0 aliphatic rings. The van der Waals surface area contributed by atoms with Crippen LogP contribution in [0.25, 0.3) is 0 Å². The van der Waals surface area contributed by atoms with Gasteiger partial charge in [-0.15, -0.1) is 0 Å². The first-order valence-electron chi connectivity index (χ1n) is 5.07. The van der Waals surface area contributed by atoms with Crippen LogP contribution in [0.15, 0.2) is 23.4 Å². The van der Waals surface area contributed by atoms with Gasteiger partial charge in [-0.2, -0.15) is 11.8 Å². The summed E-state index contributed by atoms with van der Waals surface area (Å²) in [5, 5.41) is 11.6. The van der Waals surface area contributed by atoms with E-state index in [4.69, 9.17) is 10.9 Å². The molecule has 0 saturated heterocycles. The van der Waals surface area contributed by atoms with Crippen molar-refractivity contribution in [2.45, 2.75) is 0 Å². The van der Waals surface area contributed by atoms with Crippen molar-refractivity contribution in [1.82, 2.24) is 0 Å². The Morgan fingerprint density at radius 3 is 2.88 bits per heavy atom. The zero-order valence-electron chi connectivity index (χ0n) is 9.85. The lowest BCUT2D eigenvalue weighted by molar-refractivity contribution is 0.318. The molecule has 0 heterocycles. The van der Waals surface area contributed by atoms with Crippen LogP contribution in [-0.2, 0) is 0 Å². The number of hydrogen-bond donors (Lipinski definition) is 2. The predicted octanol–water partition coefficient (Wildman–Crippen LogP) is 1.72. The lowest BCUT2D eigenvalue weighted by Crippen LogP contribution is -2.25. The molecule has 4 nitrogen and oxygen atoms in total. The summed E-state index contributed by atoms with van der Waals surface area (Å²) in [7, 11) is 1.89. The minimum Gasteiger partial charge on any atom is -0.409 e. The first-order chi connectivity index (χ1) is 8.10. The topological polar surface area (TPSA) is 61.8 Å². The van der Waals surface area contributed by atoms with Gasteiger partial charge < -0.3 is 15.8 Å². The number of oxime groups is 1. The molecule has 0 bridgehead atoms. The summed E-state index contributed by atoms with van der Waals surface area (Å²) in [6, 6.07) is 4.25. The normalized spacial score (nSPS) is 11.6. The van der Waals surface area contributed by atoms with Crippen LogP contribution in [0.4, 0.5) is 10.1 Å². The van der Waals surface area contributed by atoms with Gasteiger partial charge in [0, 0.05) is 30.6 Å². The molecule has 0 unspecified atom stereocenters. The van der Waals surface area contributed by atoms with E-state index in [1.165, 1.54) is 12.1 Å². The fraction of sp³-hybridized carbons (Fsp3) is 0.364. The van der Waals surface area contributed by atoms with E-state index < -0.39 is 5.82 Å². The lowest BCUT2D eigenvalue weighted by Gasteiger charge is -2.21. The molecule has 17 heavy (non-hydrogen) atoms. The van der Waals surface area contributed by atoms with Crippen molar-refractivity contribution < 1.29 is 9.60 Å². The highest BCUT2D eigenvalue weighted by Crippen LogP contribution is 2.20. The number of anilines is 1. The maximum atomic E-state index is 13.1. The zero-order valence-corrected chi connectivity index (χ0v) is 10.7. The van der Waals surface area contributed by atoms with E-state index in [2.05, 4.69) is 5.16 Å². The van der Waals surface area contributed by atoms with Crippen molar-refractivity contribution >= 4 is 23.3 Å². The molecule has 0 aliphatic heterocycles. The van der Waals surface area contributed by atoms with Gasteiger partial charge in [0.15, 0.2) is 5.84 Å². The molecule has 0 amide bonds. The van der Waals surface area contributed by atoms with Crippen LogP contribution in [-0.4, -0.2) is 36.6 Å². The fourth-order valence-electron chi connectivity index (χ4n) is 1.45. The summed E-state index contributed by atoms with van der Waals surface area (Å²) >= 11 is 1.72. The van der Waals surface area contributed by atoms with Gasteiger partial charge in [-0.3, -0.25) is 0 Å². The molecule has 0 spiro atoms. The van der Waals surface area contributed by atoms with Crippen molar-refractivity contribution in [2.24, 2.45) is 10.9 Å². The summed E-state index contributed by atoms with van der Waals surface area (Å²) in [5.74, 6) is 0.452. The second kappa shape index (κ2) is 6.34. The maximum Gasteiger partial charge on any atom is 0.172 e. The van der Waals surface area contributed by atoms with E-state index in [9.17, 15) is 4.39 Å². The molecule has 6 heteroatoms. The van der Waals surface area contributed by atoms with Gasteiger partial charge >= 0.3 is 0 Å². The number of rotatable bonds is 5. The summed E-state index contributed by atoms with van der Waals surface area (Å²) in [6.45, 7) is 0.804. The monoisotopic (exact) mass is 257 g/mol. The molecule has 1 aromatic rings. The lowest BCUT2D eigenvalue weighted by atomic mass is 10.1. The Morgan fingerprint density at radius 2 is 2.29 bits per heavy atom. The van der Waals surface area contributed by atoms with Crippen LogP contribution in [0, 0.1) is 5.82 Å². The molecule has 0 aromatic heterocycles. The third-order valence-electron chi connectivity index (χ3n) is 2.38. The quantitative estimate of drug-likeness (QED) is 0.365. The molecular weight excluding hydrogens is 241 g/mol. The van der Waals surface area contributed by atoms with E-state index in [-0.39, 0.29) is 5.84 Å². The van der Waals surface area contributed by atoms with E-state index in [1.54, 1.807) is 17.8 Å². The second-order valence-electron chi connectivity index (χ2n) is 3.56. The highest BCUT2D eigenvalue weighted by atomic mass is 32.2. The molecular formula is C11H16FN3OS. The number of thioether (sulfide) groups is 1. The Kier molecular flexibility index (Phi) is 5.09. The number of nitrogens with zero attached hydrogens (tertiary/aromatic N) is 2. The van der Waals surface area contributed by atoms with Crippen molar-refractivity contribution in [3.63, 3.8) is 0 Å². The van der Waals surface area contributed by atoms with Crippen LogP contribution in [0.3, 0.4) is 0 Å². The van der Waals surface area contributed by atoms with E-state index in [1.807, 2.05) is 18.2 Å². The molecule has 1 aromatic carbocycles. The van der Waals surface area contributed by atoms with Crippen LogP contribution in [0.1, 0.15) is 5.56 Å². The molecule has 0 atom stereocenters. The van der Waals surface area contributed by atoms with Crippen molar-refractivity contribution in [3.05, 3.63) is 29.6 Å². The zero-order chi connectivity index (χ0) is 12.8. The highest BCUT2D eigenvalue weighted by Gasteiger charge is 2.12. The van der Waals surface area contributed by atoms with E-state index in [0.29, 0.717) is 5.56 Å². The van der Waals surface area contributed by atoms with Gasteiger partial charge in [0.05, 0.1) is 0 Å². The minimum atomic E-state index is -0.409.